The van der Waals surface area contributed by atoms with Gasteiger partial charge in [-0.1, -0.05) is 11.6 Å². The number of hydrogen-bond acceptors (Lipinski definition) is 4. The number of aromatic nitrogens is 1. The van der Waals surface area contributed by atoms with Crippen LogP contribution in [0.2, 0.25) is 5.15 Å². The van der Waals surface area contributed by atoms with E-state index in [1.807, 2.05) is 11.9 Å². The van der Waals surface area contributed by atoms with Crippen LogP contribution in [-0.2, 0) is 9.84 Å². The molecule has 0 atom stereocenters. The molecule has 4 nitrogen and oxygen atoms in total. The third-order valence-corrected chi connectivity index (χ3v) is 3.08. The average molecular weight is 249 g/mol. The lowest BCUT2D eigenvalue weighted by Gasteiger charge is -2.18. The molecule has 6 heteroatoms. The molecule has 1 rings (SSSR count). The van der Waals surface area contributed by atoms with Gasteiger partial charge in [-0.05, 0) is 12.1 Å². The number of anilines is 1. The second kappa shape index (κ2) is 4.81. The Balaban J connectivity index is 2.65. The highest BCUT2D eigenvalue weighted by Gasteiger charge is 2.06. The average Bonchev–Trinajstić information content (AvgIpc) is 2.13. The number of rotatable bonds is 4. The van der Waals surface area contributed by atoms with Gasteiger partial charge < -0.3 is 4.90 Å². The van der Waals surface area contributed by atoms with Gasteiger partial charge in [0.25, 0.3) is 0 Å². The summed E-state index contributed by atoms with van der Waals surface area (Å²) in [4.78, 5) is 5.68. The maximum absolute atomic E-state index is 11.0. The zero-order chi connectivity index (χ0) is 11.5. The van der Waals surface area contributed by atoms with E-state index in [0.29, 0.717) is 11.7 Å². The van der Waals surface area contributed by atoms with Gasteiger partial charge in [0.05, 0.1) is 5.75 Å². The Morgan fingerprint density at radius 2 is 2.20 bits per heavy atom. The van der Waals surface area contributed by atoms with Crippen molar-refractivity contribution in [3.05, 3.63) is 23.5 Å². The predicted octanol–water partition coefficient (Wildman–Crippen LogP) is 1.22. The summed E-state index contributed by atoms with van der Waals surface area (Å²) in [7, 11) is -1.11. The van der Waals surface area contributed by atoms with Crippen LogP contribution in [0.15, 0.2) is 18.3 Å². The van der Waals surface area contributed by atoms with E-state index in [1.54, 1.807) is 18.3 Å². The van der Waals surface area contributed by atoms with Crippen molar-refractivity contribution in [3.63, 3.8) is 0 Å². The summed E-state index contributed by atoms with van der Waals surface area (Å²) in [5, 5.41) is 0.402. The number of pyridine rings is 1. The smallest absolute Gasteiger partial charge is 0.149 e. The molecule has 15 heavy (non-hydrogen) atoms. The minimum atomic E-state index is -2.93. The Kier molecular flexibility index (Phi) is 3.93. The number of nitrogens with zero attached hydrogens (tertiary/aromatic N) is 2. The van der Waals surface area contributed by atoms with Gasteiger partial charge in [-0.3, -0.25) is 0 Å². The third-order valence-electron chi connectivity index (χ3n) is 1.95. The van der Waals surface area contributed by atoms with Crippen LogP contribution in [0, 0.1) is 0 Å². The standard InChI is InChI=1S/C9H13ClN2O2S/c1-12(5-6-15(2,13)14)8-3-4-11-9(10)7-8/h3-4,7H,5-6H2,1-2H3. The largest absolute Gasteiger partial charge is 0.373 e. The highest BCUT2D eigenvalue weighted by Crippen LogP contribution is 2.15. The van der Waals surface area contributed by atoms with Gasteiger partial charge in [0.2, 0.25) is 0 Å². The van der Waals surface area contributed by atoms with Crippen molar-refractivity contribution < 1.29 is 8.42 Å². The van der Waals surface area contributed by atoms with Crippen molar-refractivity contribution in [1.82, 2.24) is 4.98 Å². The first-order valence-corrected chi connectivity index (χ1v) is 6.83. The highest BCUT2D eigenvalue weighted by molar-refractivity contribution is 7.90. The maximum atomic E-state index is 11.0. The summed E-state index contributed by atoms with van der Waals surface area (Å²) in [5.74, 6) is 0.128. The van der Waals surface area contributed by atoms with Crippen LogP contribution in [0.1, 0.15) is 0 Å². The molecule has 0 bridgehead atoms. The van der Waals surface area contributed by atoms with Crippen LogP contribution < -0.4 is 4.90 Å². The summed E-state index contributed by atoms with van der Waals surface area (Å²) in [6, 6.07) is 3.48. The van der Waals surface area contributed by atoms with Crippen molar-refractivity contribution in [3.8, 4) is 0 Å². The topological polar surface area (TPSA) is 50.3 Å². The molecule has 0 aliphatic carbocycles. The molecule has 0 aromatic carbocycles. The second-order valence-corrected chi connectivity index (χ2v) is 6.04. The molecule has 0 fully saturated rings. The third kappa shape index (κ3) is 4.48. The van der Waals surface area contributed by atoms with Crippen molar-refractivity contribution in [2.75, 3.05) is 30.5 Å². The van der Waals surface area contributed by atoms with E-state index >= 15 is 0 Å². The fraction of sp³-hybridized carbons (Fsp3) is 0.444. The Morgan fingerprint density at radius 3 is 2.73 bits per heavy atom. The highest BCUT2D eigenvalue weighted by atomic mass is 35.5. The van der Waals surface area contributed by atoms with Crippen LogP contribution in [0.3, 0.4) is 0 Å². The van der Waals surface area contributed by atoms with Crippen molar-refractivity contribution in [1.29, 1.82) is 0 Å². The molecule has 1 aromatic heterocycles. The van der Waals surface area contributed by atoms with Gasteiger partial charge in [-0.15, -0.1) is 0 Å². The molecule has 84 valence electrons. The molecule has 0 radical (unpaired) electrons. The molecule has 0 N–H and O–H groups in total. The summed E-state index contributed by atoms with van der Waals surface area (Å²) in [6.45, 7) is 0.444. The molecule has 0 unspecified atom stereocenters. The molecule has 0 amide bonds. The molecular weight excluding hydrogens is 236 g/mol. The van der Waals surface area contributed by atoms with Gasteiger partial charge in [-0.25, -0.2) is 13.4 Å². The van der Waals surface area contributed by atoms with Crippen LogP contribution >= 0.6 is 11.6 Å². The van der Waals surface area contributed by atoms with Crippen LogP contribution in [0.5, 0.6) is 0 Å². The lowest BCUT2D eigenvalue weighted by Crippen LogP contribution is -2.24. The summed E-state index contributed by atoms with van der Waals surface area (Å²) >= 11 is 5.72. The van der Waals surface area contributed by atoms with Crippen LogP contribution in [-0.4, -0.2) is 39.0 Å². The maximum Gasteiger partial charge on any atom is 0.149 e. The normalized spacial score (nSPS) is 11.4. The predicted molar refractivity (Wildman–Crippen MR) is 62.2 cm³/mol. The van der Waals surface area contributed by atoms with E-state index in [0.717, 1.165) is 5.69 Å². The van der Waals surface area contributed by atoms with Gasteiger partial charge in [-0.2, -0.15) is 0 Å². The molecule has 1 aromatic rings. The molecule has 0 aliphatic heterocycles. The Morgan fingerprint density at radius 1 is 1.53 bits per heavy atom. The van der Waals surface area contributed by atoms with Crippen molar-refractivity contribution >= 4 is 27.1 Å². The lowest BCUT2D eigenvalue weighted by molar-refractivity contribution is 0.601. The molecule has 0 saturated carbocycles. The van der Waals surface area contributed by atoms with Gasteiger partial charge >= 0.3 is 0 Å². The van der Waals surface area contributed by atoms with E-state index < -0.39 is 9.84 Å². The Bertz CT molecular complexity index is 433. The Labute approximate surface area is 94.8 Å². The SMILES string of the molecule is CN(CCS(C)(=O)=O)c1ccnc(Cl)c1. The van der Waals surface area contributed by atoms with Crippen molar-refractivity contribution in [2.24, 2.45) is 0 Å². The molecular formula is C9H13ClN2O2S. The minimum Gasteiger partial charge on any atom is -0.373 e. The fourth-order valence-corrected chi connectivity index (χ4v) is 1.84. The van der Waals surface area contributed by atoms with E-state index in [-0.39, 0.29) is 5.75 Å². The summed E-state index contributed by atoms with van der Waals surface area (Å²) in [6.07, 6.45) is 2.81. The summed E-state index contributed by atoms with van der Waals surface area (Å²) in [5.41, 5.74) is 0.860. The monoisotopic (exact) mass is 248 g/mol. The first kappa shape index (κ1) is 12.3. The lowest BCUT2D eigenvalue weighted by atomic mass is 10.4. The molecule has 0 spiro atoms. The van der Waals surface area contributed by atoms with Crippen LogP contribution in [0.25, 0.3) is 0 Å². The Hall–Kier alpha value is -0.810. The van der Waals surface area contributed by atoms with E-state index in [9.17, 15) is 8.42 Å². The molecule has 0 saturated heterocycles. The van der Waals surface area contributed by atoms with E-state index in [1.165, 1.54) is 6.26 Å². The number of hydrogen-bond donors (Lipinski definition) is 0. The van der Waals surface area contributed by atoms with Crippen molar-refractivity contribution in [2.45, 2.75) is 0 Å². The number of halogens is 1. The quantitative estimate of drug-likeness (QED) is 0.752. The first-order chi connectivity index (χ1) is 6.88. The number of sulfone groups is 1. The first-order valence-electron chi connectivity index (χ1n) is 4.39. The van der Waals surface area contributed by atoms with Gasteiger partial charge in [0.1, 0.15) is 15.0 Å². The van der Waals surface area contributed by atoms with E-state index in [2.05, 4.69) is 4.98 Å². The zero-order valence-electron chi connectivity index (χ0n) is 8.64. The molecule has 1 heterocycles. The van der Waals surface area contributed by atoms with Gasteiger partial charge in [0.15, 0.2) is 0 Å². The van der Waals surface area contributed by atoms with Crippen LogP contribution in [0.4, 0.5) is 5.69 Å². The zero-order valence-corrected chi connectivity index (χ0v) is 10.2. The van der Waals surface area contributed by atoms with Gasteiger partial charge in [0, 0.05) is 31.7 Å². The second-order valence-electron chi connectivity index (χ2n) is 3.39. The summed E-state index contributed by atoms with van der Waals surface area (Å²) < 4.78 is 21.9. The van der Waals surface area contributed by atoms with E-state index in [4.69, 9.17) is 11.6 Å². The molecule has 0 aliphatic rings. The minimum absolute atomic E-state index is 0.128. The fourth-order valence-electron chi connectivity index (χ4n) is 1.06.